The molecule has 1 heterocycles. The van der Waals surface area contributed by atoms with Crippen molar-refractivity contribution in [1.29, 1.82) is 0 Å². The summed E-state index contributed by atoms with van der Waals surface area (Å²) in [6, 6.07) is 4.66. The van der Waals surface area contributed by atoms with Crippen LogP contribution in [-0.2, 0) is 14.8 Å². The fraction of sp³-hybridized carbons (Fsp3) is 0.632. The minimum atomic E-state index is -3.57. The molecule has 1 fully saturated rings. The second-order valence-electron chi connectivity index (χ2n) is 6.86. The third kappa shape index (κ3) is 4.98. The molecule has 26 heavy (non-hydrogen) atoms. The molecule has 1 saturated heterocycles. The van der Waals surface area contributed by atoms with Gasteiger partial charge in [0.15, 0.2) is 0 Å². The summed E-state index contributed by atoms with van der Waals surface area (Å²) in [6.07, 6.45) is 5.58. The molecule has 146 valence electrons. The second-order valence-corrected chi connectivity index (χ2v) is 8.80. The van der Waals surface area contributed by atoms with Gasteiger partial charge in [0.05, 0.1) is 17.7 Å². The molecule has 1 atom stereocenters. The summed E-state index contributed by atoms with van der Waals surface area (Å²) in [7, 11) is -2.07. The molecule has 1 aliphatic heterocycles. The van der Waals surface area contributed by atoms with Crippen LogP contribution < -0.4 is 10.1 Å². The summed E-state index contributed by atoms with van der Waals surface area (Å²) >= 11 is 0. The van der Waals surface area contributed by atoms with Gasteiger partial charge in [-0.05, 0) is 37.5 Å². The molecule has 0 radical (unpaired) electrons. The van der Waals surface area contributed by atoms with Crippen LogP contribution in [0.4, 0.5) is 5.69 Å². The van der Waals surface area contributed by atoms with E-state index >= 15 is 0 Å². The van der Waals surface area contributed by atoms with Crippen molar-refractivity contribution < 1.29 is 17.9 Å². The van der Waals surface area contributed by atoms with Crippen molar-refractivity contribution >= 4 is 21.6 Å². The highest BCUT2D eigenvalue weighted by Gasteiger charge is 2.26. The number of ether oxygens (including phenoxy) is 1. The Hall–Kier alpha value is -1.60. The second kappa shape index (κ2) is 9.37. The lowest BCUT2D eigenvalue weighted by atomic mass is 10.1. The van der Waals surface area contributed by atoms with E-state index in [1.165, 1.54) is 13.2 Å². The number of sulfonamides is 1. The number of hydrogen-bond acceptors (Lipinski definition) is 4. The lowest BCUT2D eigenvalue weighted by molar-refractivity contribution is -0.119. The van der Waals surface area contributed by atoms with E-state index in [4.69, 9.17) is 4.74 Å². The smallest absolute Gasteiger partial charge is 0.243 e. The molecule has 0 spiro atoms. The van der Waals surface area contributed by atoms with Crippen LogP contribution in [-0.4, -0.2) is 38.8 Å². The van der Waals surface area contributed by atoms with E-state index in [9.17, 15) is 13.2 Å². The molecule has 0 bridgehead atoms. The fourth-order valence-corrected chi connectivity index (χ4v) is 4.74. The van der Waals surface area contributed by atoms with Crippen LogP contribution in [0.5, 0.6) is 5.75 Å². The van der Waals surface area contributed by atoms with E-state index in [2.05, 4.69) is 5.32 Å². The molecule has 1 aromatic carbocycles. The van der Waals surface area contributed by atoms with Gasteiger partial charge in [0.2, 0.25) is 15.9 Å². The number of methoxy groups -OCH3 is 1. The van der Waals surface area contributed by atoms with Crippen molar-refractivity contribution in [2.75, 3.05) is 25.5 Å². The monoisotopic (exact) mass is 382 g/mol. The highest BCUT2D eigenvalue weighted by atomic mass is 32.2. The van der Waals surface area contributed by atoms with Gasteiger partial charge in [-0.3, -0.25) is 4.79 Å². The van der Waals surface area contributed by atoms with Gasteiger partial charge in [-0.2, -0.15) is 4.31 Å². The minimum Gasteiger partial charge on any atom is -0.495 e. The van der Waals surface area contributed by atoms with Gasteiger partial charge in [0.25, 0.3) is 0 Å². The highest BCUT2D eigenvalue weighted by molar-refractivity contribution is 7.89. The fourth-order valence-electron chi connectivity index (χ4n) is 3.20. The van der Waals surface area contributed by atoms with E-state index < -0.39 is 10.0 Å². The number of nitrogens with one attached hydrogen (secondary N) is 1. The number of carbonyl (C=O) groups is 1. The molecular weight excluding hydrogens is 352 g/mol. The summed E-state index contributed by atoms with van der Waals surface area (Å²) in [5, 5.41) is 2.83. The van der Waals surface area contributed by atoms with Crippen LogP contribution in [0.2, 0.25) is 0 Å². The van der Waals surface area contributed by atoms with Crippen molar-refractivity contribution in [3.05, 3.63) is 18.2 Å². The average Bonchev–Trinajstić information content (AvgIpc) is 2.91. The zero-order valence-corrected chi connectivity index (χ0v) is 16.8. The lowest BCUT2D eigenvalue weighted by Crippen LogP contribution is -2.32. The van der Waals surface area contributed by atoms with Crippen molar-refractivity contribution in [3.63, 3.8) is 0 Å². The number of anilines is 1. The Labute approximate surface area is 157 Å². The molecule has 1 aromatic rings. The summed E-state index contributed by atoms with van der Waals surface area (Å²) in [5.74, 6) is 0.182. The molecule has 7 heteroatoms. The van der Waals surface area contributed by atoms with Crippen LogP contribution in [0.3, 0.4) is 0 Å². The lowest BCUT2D eigenvalue weighted by Gasteiger charge is -2.21. The van der Waals surface area contributed by atoms with Crippen LogP contribution >= 0.6 is 0 Å². The highest BCUT2D eigenvalue weighted by Crippen LogP contribution is 2.30. The third-order valence-corrected chi connectivity index (χ3v) is 6.70. The summed E-state index contributed by atoms with van der Waals surface area (Å²) in [5.41, 5.74) is 0.399. The van der Waals surface area contributed by atoms with Gasteiger partial charge in [-0.25, -0.2) is 8.42 Å². The van der Waals surface area contributed by atoms with E-state index in [1.54, 1.807) is 16.4 Å². The van der Waals surface area contributed by atoms with Crippen LogP contribution in [0.1, 0.15) is 52.4 Å². The number of hydrogen-bond donors (Lipinski definition) is 1. The molecule has 6 nitrogen and oxygen atoms in total. The Morgan fingerprint density at radius 1 is 1.23 bits per heavy atom. The standard InChI is InChI=1S/C19H30N2O4S/c1-4-9-15(2)19(22)20-17-14-16(10-11-18(17)25-3)26(23,24)21-12-7-5-6-8-13-21/h10-11,14-15H,4-9,12-13H2,1-3H3,(H,20,22). The third-order valence-electron chi connectivity index (χ3n) is 4.80. The Morgan fingerprint density at radius 3 is 2.46 bits per heavy atom. The van der Waals surface area contributed by atoms with Crippen molar-refractivity contribution in [2.45, 2.75) is 57.3 Å². The number of nitrogens with zero attached hydrogens (tertiary/aromatic N) is 1. The molecule has 1 N–H and O–H groups in total. The molecule has 1 amide bonds. The maximum Gasteiger partial charge on any atom is 0.243 e. The Bertz CT molecular complexity index is 710. The first-order chi connectivity index (χ1) is 12.4. The summed E-state index contributed by atoms with van der Waals surface area (Å²) in [6.45, 7) is 4.98. The molecule has 1 unspecified atom stereocenters. The van der Waals surface area contributed by atoms with Gasteiger partial charge in [-0.1, -0.05) is 33.1 Å². The predicted molar refractivity (Wildman–Crippen MR) is 103 cm³/mol. The number of amides is 1. The zero-order valence-electron chi connectivity index (χ0n) is 16.0. The first kappa shape index (κ1) is 20.7. The minimum absolute atomic E-state index is 0.130. The molecule has 0 saturated carbocycles. The molecule has 1 aliphatic rings. The van der Waals surface area contributed by atoms with Crippen molar-refractivity contribution in [2.24, 2.45) is 5.92 Å². The van der Waals surface area contributed by atoms with Crippen LogP contribution in [0.25, 0.3) is 0 Å². The van der Waals surface area contributed by atoms with Crippen LogP contribution in [0, 0.1) is 5.92 Å². The topological polar surface area (TPSA) is 75.7 Å². The van der Waals surface area contributed by atoms with E-state index in [-0.39, 0.29) is 16.7 Å². The van der Waals surface area contributed by atoms with Gasteiger partial charge < -0.3 is 10.1 Å². The van der Waals surface area contributed by atoms with Gasteiger partial charge in [0, 0.05) is 19.0 Å². The Kier molecular flexibility index (Phi) is 7.46. The maximum absolute atomic E-state index is 13.0. The molecular formula is C19H30N2O4S. The van der Waals surface area contributed by atoms with Crippen LogP contribution in [0.15, 0.2) is 23.1 Å². The number of rotatable bonds is 7. The quantitative estimate of drug-likeness (QED) is 0.781. The van der Waals surface area contributed by atoms with Gasteiger partial charge >= 0.3 is 0 Å². The van der Waals surface area contributed by atoms with Gasteiger partial charge in [-0.15, -0.1) is 0 Å². The normalized spacial score (nSPS) is 17.3. The van der Waals surface area contributed by atoms with E-state index in [0.717, 1.165) is 38.5 Å². The molecule has 0 aliphatic carbocycles. The average molecular weight is 383 g/mol. The van der Waals surface area contributed by atoms with Crippen molar-refractivity contribution in [1.82, 2.24) is 4.31 Å². The van der Waals surface area contributed by atoms with E-state index in [1.807, 2.05) is 13.8 Å². The maximum atomic E-state index is 13.0. The first-order valence-electron chi connectivity index (χ1n) is 9.39. The summed E-state index contributed by atoms with van der Waals surface area (Å²) < 4.78 is 32.8. The first-order valence-corrected chi connectivity index (χ1v) is 10.8. The Morgan fingerprint density at radius 2 is 1.88 bits per heavy atom. The molecule has 2 rings (SSSR count). The Balaban J connectivity index is 2.28. The molecule has 0 aromatic heterocycles. The predicted octanol–water partition coefficient (Wildman–Crippen LogP) is 3.63. The number of carbonyl (C=O) groups excluding carboxylic acids is 1. The van der Waals surface area contributed by atoms with Crippen molar-refractivity contribution in [3.8, 4) is 5.75 Å². The van der Waals surface area contributed by atoms with E-state index in [0.29, 0.717) is 24.5 Å². The summed E-state index contributed by atoms with van der Waals surface area (Å²) in [4.78, 5) is 12.5. The van der Waals surface area contributed by atoms with Gasteiger partial charge in [0.1, 0.15) is 5.75 Å². The number of benzene rings is 1. The largest absolute Gasteiger partial charge is 0.495 e. The SMILES string of the molecule is CCCC(C)C(=O)Nc1cc(S(=O)(=O)N2CCCCCC2)ccc1OC. The zero-order chi connectivity index (χ0) is 19.2.